The first-order chi connectivity index (χ1) is 10.6. The van der Waals surface area contributed by atoms with E-state index in [4.69, 9.17) is 4.74 Å². The molecule has 0 aliphatic carbocycles. The third kappa shape index (κ3) is 8.50. The molecule has 1 rings (SSSR count). The minimum Gasteiger partial charge on any atom is -0.389 e. The van der Waals surface area contributed by atoms with E-state index < -0.39 is 6.10 Å². The van der Waals surface area contributed by atoms with Crippen LogP contribution in [0.3, 0.4) is 0 Å². The number of benzene rings is 1. The van der Waals surface area contributed by atoms with E-state index in [9.17, 15) is 5.11 Å². The standard InChI is InChI=1S/C20H35NO2/c1-7-18(16-11-9-8-10-12-16)23-14-17(22)13-21-20(5,6)15-19(2,3)4/h8-12,17-18,21-22H,7,13-15H2,1-6H3/t17-,18-/m1/s1. The molecule has 2 atom stereocenters. The van der Waals surface area contributed by atoms with Crippen molar-refractivity contribution in [2.24, 2.45) is 5.41 Å². The van der Waals surface area contributed by atoms with Crippen LogP contribution in [0.2, 0.25) is 0 Å². The summed E-state index contributed by atoms with van der Waals surface area (Å²) >= 11 is 0. The first kappa shape index (κ1) is 20.1. The van der Waals surface area contributed by atoms with E-state index >= 15 is 0 Å². The summed E-state index contributed by atoms with van der Waals surface area (Å²) in [7, 11) is 0. The van der Waals surface area contributed by atoms with Gasteiger partial charge < -0.3 is 15.2 Å². The molecule has 23 heavy (non-hydrogen) atoms. The van der Waals surface area contributed by atoms with Crippen LogP contribution in [0, 0.1) is 5.41 Å². The first-order valence-electron chi connectivity index (χ1n) is 8.72. The quantitative estimate of drug-likeness (QED) is 0.712. The number of aliphatic hydroxyl groups is 1. The molecule has 0 fully saturated rings. The maximum absolute atomic E-state index is 10.2. The molecule has 3 nitrogen and oxygen atoms in total. The van der Waals surface area contributed by atoms with Crippen molar-refractivity contribution in [2.45, 2.75) is 72.1 Å². The van der Waals surface area contributed by atoms with Gasteiger partial charge in [0.1, 0.15) is 0 Å². The van der Waals surface area contributed by atoms with Gasteiger partial charge in [0.2, 0.25) is 0 Å². The van der Waals surface area contributed by atoms with Crippen molar-refractivity contribution in [1.82, 2.24) is 5.32 Å². The molecule has 1 aromatic carbocycles. The van der Waals surface area contributed by atoms with Crippen LogP contribution in [0.15, 0.2) is 30.3 Å². The highest BCUT2D eigenvalue weighted by Crippen LogP contribution is 2.26. The van der Waals surface area contributed by atoms with Gasteiger partial charge >= 0.3 is 0 Å². The number of ether oxygens (including phenoxy) is 1. The summed E-state index contributed by atoms with van der Waals surface area (Å²) in [4.78, 5) is 0. The normalized spacial score (nSPS) is 15.4. The molecule has 0 heterocycles. The summed E-state index contributed by atoms with van der Waals surface area (Å²) in [6.07, 6.45) is 1.51. The SMILES string of the molecule is CC[C@@H](OC[C@H](O)CNC(C)(C)CC(C)(C)C)c1ccccc1. The number of hydrogen-bond acceptors (Lipinski definition) is 3. The van der Waals surface area contributed by atoms with Crippen molar-refractivity contribution in [3.8, 4) is 0 Å². The second-order valence-corrected chi connectivity index (χ2v) is 8.30. The second-order valence-electron chi connectivity index (χ2n) is 8.30. The molecule has 3 heteroatoms. The Labute approximate surface area is 142 Å². The second kappa shape index (κ2) is 8.81. The Bertz CT molecular complexity index is 437. The largest absolute Gasteiger partial charge is 0.389 e. The van der Waals surface area contributed by atoms with E-state index in [1.807, 2.05) is 18.2 Å². The van der Waals surface area contributed by atoms with E-state index in [0.717, 1.165) is 12.8 Å². The van der Waals surface area contributed by atoms with Gasteiger partial charge in [-0.15, -0.1) is 0 Å². The summed E-state index contributed by atoms with van der Waals surface area (Å²) in [5.41, 5.74) is 1.43. The lowest BCUT2D eigenvalue weighted by atomic mass is 9.82. The van der Waals surface area contributed by atoms with Gasteiger partial charge in [0.15, 0.2) is 0 Å². The van der Waals surface area contributed by atoms with Gasteiger partial charge in [0.05, 0.1) is 18.8 Å². The highest BCUT2D eigenvalue weighted by Gasteiger charge is 2.25. The molecule has 0 amide bonds. The highest BCUT2D eigenvalue weighted by molar-refractivity contribution is 5.17. The van der Waals surface area contributed by atoms with Crippen molar-refractivity contribution in [3.63, 3.8) is 0 Å². The number of aliphatic hydroxyl groups excluding tert-OH is 1. The van der Waals surface area contributed by atoms with Gasteiger partial charge in [0, 0.05) is 12.1 Å². The smallest absolute Gasteiger partial charge is 0.0898 e. The molecule has 132 valence electrons. The highest BCUT2D eigenvalue weighted by atomic mass is 16.5. The maximum Gasteiger partial charge on any atom is 0.0898 e. The predicted molar refractivity (Wildman–Crippen MR) is 97.6 cm³/mol. The molecule has 0 aromatic heterocycles. The summed E-state index contributed by atoms with van der Waals surface area (Å²) in [5, 5.41) is 13.7. The van der Waals surface area contributed by atoms with Gasteiger partial charge in [-0.05, 0) is 37.7 Å². The average molecular weight is 322 g/mol. The molecule has 0 radical (unpaired) electrons. The number of nitrogens with one attached hydrogen (secondary N) is 1. The average Bonchev–Trinajstić information content (AvgIpc) is 2.44. The molecular weight excluding hydrogens is 286 g/mol. The molecule has 0 saturated carbocycles. The van der Waals surface area contributed by atoms with Crippen molar-refractivity contribution in [3.05, 3.63) is 35.9 Å². The Kier molecular flexibility index (Phi) is 7.72. The summed E-state index contributed by atoms with van der Waals surface area (Å²) in [6.45, 7) is 14.1. The number of hydrogen-bond donors (Lipinski definition) is 2. The molecule has 0 saturated heterocycles. The van der Waals surface area contributed by atoms with Crippen LogP contribution in [-0.4, -0.2) is 29.9 Å². The first-order valence-corrected chi connectivity index (χ1v) is 8.72. The fourth-order valence-corrected chi connectivity index (χ4v) is 3.19. The summed E-state index contributed by atoms with van der Waals surface area (Å²) < 4.78 is 5.92. The molecular formula is C20H35NO2. The lowest BCUT2D eigenvalue weighted by Gasteiger charge is -2.34. The molecule has 0 aliphatic rings. The topological polar surface area (TPSA) is 41.5 Å². The maximum atomic E-state index is 10.2. The van der Waals surface area contributed by atoms with Gasteiger partial charge in [-0.3, -0.25) is 0 Å². The molecule has 0 bridgehead atoms. The zero-order valence-electron chi connectivity index (χ0n) is 15.7. The van der Waals surface area contributed by atoms with Gasteiger partial charge in [0.25, 0.3) is 0 Å². The van der Waals surface area contributed by atoms with Crippen LogP contribution in [0.5, 0.6) is 0 Å². The Hall–Kier alpha value is -0.900. The fourth-order valence-electron chi connectivity index (χ4n) is 3.19. The van der Waals surface area contributed by atoms with E-state index in [-0.39, 0.29) is 17.1 Å². The minimum absolute atomic E-state index is 0.00280. The zero-order valence-corrected chi connectivity index (χ0v) is 15.7. The number of rotatable bonds is 9. The van der Waals surface area contributed by atoms with E-state index in [1.54, 1.807) is 0 Å². The summed E-state index contributed by atoms with van der Waals surface area (Å²) in [5.74, 6) is 0. The van der Waals surface area contributed by atoms with Crippen LogP contribution >= 0.6 is 0 Å². The lowest BCUT2D eigenvalue weighted by molar-refractivity contribution is -0.0139. The van der Waals surface area contributed by atoms with E-state index in [0.29, 0.717) is 13.2 Å². The van der Waals surface area contributed by atoms with Crippen LogP contribution in [0.4, 0.5) is 0 Å². The fraction of sp³-hybridized carbons (Fsp3) is 0.700. The van der Waals surface area contributed by atoms with Crippen molar-refractivity contribution < 1.29 is 9.84 Å². The predicted octanol–water partition coefficient (Wildman–Crippen LogP) is 4.32. The van der Waals surface area contributed by atoms with Crippen molar-refractivity contribution in [2.75, 3.05) is 13.2 Å². The number of β-amino-alcohol motifs (C(OH)–C–C–N with tert-alkyl or cyclic N) is 1. The van der Waals surface area contributed by atoms with Crippen LogP contribution in [0.25, 0.3) is 0 Å². The molecule has 0 unspecified atom stereocenters. The lowest BCUT2D eigenvalue weighted by Crippen LogP contribution is -2.46. The Morgan fingerprint density at radius 3 is 2.22 bits per heavy atom. The zero-order chi connectivity index (χ0) is 17.5. The molecule has 1 aromatic rings. The Balaban J connectivity index is 2.40. The van der Waals surface area contributed by atoms with Crippen molar-refractivity contribution in [1.29, 1.82) is 0 Å². The molecule has 2 N–H and O–H groups in total. The molecule has 0 spiro atoms. The monoisotopic (exact) mass is 321 g/mol. The Morgan fingerprint density at radius 2 is 1.70 bits per heavy atom. The van der Waals surface area contributed by atoms with Crippen LogP contribution in [-0.2, 0) is 4.74 Å². The van der Waals surface area contributed by atoms with E-state index in [1.165, 1.54) is 5.56 Å². The summed E-state index contributed by atoms with van der Waals surface area (Å²) in [6, 6.07) is 10.2. The van der Waals surface area contributed by atoms with Gasteiger partial charge in [-0.2, -0.15) is 0 Å². The molecule has 0 aliphatic heterocycles. The van der Waals surface area contributed by atoms with Gasteiger partial charge in [-0.25, -0.2) is 0 Å². The Morgan fingerprint density at radius 1 is 1.09 bits per heavy atom. The van der Waals surface area contributed by atoms with Gasteiger partial charge in [-0.1, -0.05) is 58.0 Å². The minimum atomic E-state index is -0.494. The van der Waals surface area contributed by atoms with Crippen LogP contribution < -0.4 is 5.32 Å². The van der Waals surface area contributed by atoms with E-state index in [2.05, 4.69) is 59.0 Å². The van der Waals surface area contributed by atoms with Crippen molar-refractivity contribution >= 4 is 0 Å². The van der Waals surface area contributed by atoms with Crippen LogP contribution in [0.1, 0.15) is 66.1 Å². The third-order valence-electron chi connectivity index (χ3n) is 3.82. The third-order valence-corrected chi connectivity index (χ3v) is 3.82.